The van der Waals surface area contributed by atoms with Gasteiger partial charge in [0.25, 0.3) is 0 Å². The van der Waals surface area contributed by atoms with Gasteiger partial charge >= 0.3 is 0 Å². The molecule has 1 nitrogen and oxygen atoms in total. The van der Waals surface area contributed by atoms with E-state index in [1.165, 1.54) is 51.4 Å². The lowest BCUT2D eigenvalue weighted by Crippen LogP contribution is -2.44. The molecule has 4 rings (SSSR count). The molecule has 0 saturated heterocycles. The van der Waals surface area contributed by atoms with Crippen molar-refractivity contribution < 1.29 is 5.11 Å². The topological polar surface area (TPSA) is 20.2 Å². The number of rotatable bonds is 3. The highest BCUT2D eigenvalue weighted by atomic mass is 16.3. The first kappa shape index (κ1) is 17.8. The van der Waals surface area contributed by atoms with Crippen molar-refractivity contribution in [1.82, 2.24) is 0 Å². The Bertz CT molecular complexity index is 599. The summed E-state index contributed by atoms with van der Waals surface area (Å²) < 4.78 is 0. The predicted molar refractivity (Wildman–Crippen MR) is 105 cm³/mol. The van der Waals surface area contributed by atoms with Crippen LogP contribution in [-0.2, 0) is 0 Å². The number of hydrogen-bond acceptors (Lipinski definition) is 1. The number of fused-ring (bicyclic) bond motifs is 4. The van der Waals surface area contributed by atoms with E-state index < -0.39 is 0 Å². The summed E-state index contributed by atoms with van der Waals surface area (Å²) in [5, 5.41) is 10.2. The Labute approximate surface area is 155 Å². The second-order valence-electron chi connectivity index (χ2n) is 10.2. The number of aliphatic hydroxyl groups is 1. The molecule has 0 bridgehead atoms. The van der Waals surface area contributed by atoms with E-state index in [0.29, 0.717) is 10.8 Å². The molecule has 1 N–H and O–H groups in total. The van der Waals surface area contributed by atoms with Gasteiger partial charge in [-0.2, -0.15) is 0 Å². The van der Waals surface area contributed by atoms with E-state index >= 15 is 0 Å². The Morgan fingerprint density at radius 1 is 1.16 bits per heavy atom. The zero-order chi connectivity index (χ0) is 17.8. The fourth-order valence-corrected chi connectivity index (χ4v) is 7.39. The molecule has 6 atom stereocenters. The zero-order valence-corrected chi connectivity index (χ0v) is 16.9. The molecule has 0 heterocycles. The highest BCUT2D eigenvalue weighted by molar-refractivity contribution is 5.49. The van der Waals surface area contributed by atoms with Crippen LogP contribution in [0.4, 0.5) is 0 Å². The molecular weight excluding hydrogens is 304 g/mol. The van der Waals surface area contributed by atoms with E-state index in [4.69, 9.17) is 0 Å². The molecule has 0 radical (unpaired) electrons. The van der Waals surface area contributed by atoms with Crippen molar-refractivity contribution in [2.24, 2.45) is 28.6 Å². The van der Waals surface area contributed by atoms with Crippen molar-refractivity contribution in [3.05, 3.63) is 22.8 Å². The maximum absolute atomic E-state index is 10.2. The minimum Gasteiger partial charge on any atom is -0.393 e. The molecule has 4 aliphatic carbocycles. The fourth-order valence-electron chi connectivity index (χ4n) is 7.39. The number of aliphatic hydroxyl groups excluding tert-OH is 1. The van der Waals surface area contributed by atoms with E-state index in [1.54, 1.807) is 11.1 Å². The minimum absolute atomic E-state index is 0.0425. The van der Waals surface area contributed by atoms with Gasteiger partial charge < -0.3 is 5.11 Å². The quantitative estimate of drug-likeness (QED) is 0.627. The molecule has 0 aromatic rings. The number of allylic oxidation sites excluding steroid dienone is 4. The molecule has 25 heavy (non-hydrogen) atoms. The lowest BCUT2D eigenvalue weighted by Gasteiger charge is -2.54. The van der Waals surface area contributed by atoms with E-state index in [-0.39, 0.29) is 6.10 Å². The Hall–Kier alpha value is -0.560. The molecule has 0 amide bonds. The van der Waals surface area contributed by atoms with Crippen LogP contribution in [0.3, 0.4) is 0 Å². The van der Waals surface area contributed by atoms with Crippen LogP contribution in [0.25, 0.3) is 0 Å². The lowest BCUT2D eigenvalue weighted by atomic mass is 9.51. The summed E-state index contributed by atoms with van der Waals surface area (Å²) in [6, 6.07) is 0. The molecular formula is C24H38O. The summed E-state index contributed by atoms with van der Waals surface area (Å²) in [4.78, 5) is 0. The smallest absolute Gasteiger partial charge is 0.0543 e. The first-order valence-electron chi connectivity index (χ1n) is 11.0. The van der Waals surface area contributed by atoms with Crippen LogP contribution in [0.15, 0.2) is 22.8 Å². The standard InChI is InChI=1S/C24H38O/c1-5-6-16(2)20-9-10-21-19-8-7-17-15-18(25)11-13-23(17,3)22(19)12-14-24(20,21)4/h10,16-18,20,25H,5-9,11-15H2,1-4H3/t16-,17+,18+,20-,23+,24-/m1/s1. The van der Waals surface area contributed by atoms with Crippen molar-refractivity contribution in [2.75, 3.05) is 0 Å². The van der Waals surface area contributed by atoms with Gasteiger partial charge in [0.2, 0.25) is 0 Å². The van der Waals surface area contributed by atoms with Gasteiger partial charge in [0, 0.05) is 0 Å². The average molecular weight is 343 g/mol. The van der Waals surface area contributed by atoms with Crippen LogP contribution in [0.1, 0.15) is 91.9 Å². The van der Waals surface area contributed by atoms with Gasteiger partial charge in [0.15, 0.2) is 0 Å². The second-order valence-corrected chi connectivity index (χ2v) is 10.2. The van der Waals surface area contributed by atoms with Gasteiger partial charge in [-0.15, -0.1) is 0 Å². The SMILES string of the molecule is CCC[C@@H](C)[C@H]1CC=C2C3=C(CC[C@@]21C)[C@@]1(C)CC[C@H](O)C[C@@H]1CC3. The molecule has 0 unspecified atom stereocenters. The van der Waals surface area contributed by atoms with Gasteiger partial charge in [-0.3, -0.25) is 0 Å². The normalized spacial score (nSPS) is 44.7. The summed E-state index contributed by atoms with van der Waals surface area (Å²) in [5.74, 6) is 2.43. The van der Waals surface area contributed by atoms with E-state index in [0.717, 1.165) is 30.6 Å². The van der Waals surface area contributed by atoms with Gasteiger partial charge in [-0.05, 0) is 91.1 Å². The van der Waals surface area contributed by atoms with Crippen LogP contribution in [0.2, 0.25) is 0 Å². The van der Waals surface area contributed by atoms with Crippen LogP contribution in [0.5, 0.6) is 0 Å². The van der Waals surface area contributed by atoms with Crippen molar-refractivity contribution in [1.29, 1.82) is 0 Å². The highest BCUT2D eigenvalue weighted by Gasteiger charge is 2.52. The Balaban J connectivity index is 1.66. The van der Waals surface area contributed by atoms with Crippen LogP contribution < -0.4 is 0 Å². The van der Waals surface area contributed by atoms with Crippen LogP contribution in [0, 0.1) is 28.6 Å². The highest BCUT2D eigenvalue weighted by Crippen LogP contribution is 2.64. The Morgan fingerprint density at radius 2 is 1.96 bits per heavy atom. The van der Waals surface area contributed by atoms with Gasteiger partial charge in [0.1, 0.15) is 0 Å². The number of hydrogen-bond donors (Lipinski definition) is 1. The maximum Gasteiger partial charge on any atom is 0.0543 e. The van der Waals surface area contributed by atoms with Crippen molar-refractivity contribution in [3.63, 3.8) is 0 Å². The summed E-state index contributed by atoms with van der Waals surface area (Å²) >= 11 is 0. The molecule has 0 spiro atoms. The molecule has 0 aliphatic heterocycles. The molecule has 140 valence electrons. The lowest BCUT2D eigenvalue weighted by molar-refractivity contribution is 0.0225. The van der Waals surface area contributed by atoms with Crippen LogP contribution >= 0.6 is 0 Å². The fraction of sp³-hybridized carbons (Fsp3) is 0.833. The van der Waals surface area contributed by atoms with E-state index in [1.807, 2.05) is 5.57 Å². The summed E-state index contributed by atoms with van der Waals surface area (Å²) in [7, 11) is 0. The predicted octanol–water partition coefficient (Wildman–Crippen LogP) is 6.43. The second kappa shape index (κ2) is 6.25. The van der Waals surface area contributed by atoms with Crippen molar-refractivity contribution in [2.45, 2.75) is 98.0 Å². The largest absolute Gasteiger partial charge is 0.393 e. The summed E-state index contributed by atoms with van der Waals surface area (Å²) in [5.41, 5.74) is 6.15. The third-order valence-electron chi connectivity index (χ3n) is 8.91. The average Bonchev–Trinajstić information content (AvgIpc) is 2.93. The molecule has 1 heteroatoms. The van der Waals surface area contributed by atoms with Crippen LogP contribution in [-0.4, -0.2) is 11.2 Å². The van der Waals surface area contributed by atoms with Crippen molar-refractivity contribution in [3.8, 4) is 0 Å². The third-order valence-corrected chi connectivity index (χ3v) is 8.91. The molecule has 0 aromatic heterocycles. The van der Waals surface area contributed by atoms with E-state index in [9.17, 15) is 5.11 Å². The zero-order valence-electron chi connectivity index (χ0n) is 16.9. The maximum atomic E-state index is 10.2. The van der Waals surface area contributed by atoms with Gasteiger partial charge in [-0.1, -0.05) is 52.2 Å². The molecule has 1 saturated carbocycles. The monoisotopic (exact) mass is 342 g/mol. The van der Waals surface area contributed by atoms with Gasteiger partial charge in [0.05, 0.1) is 6.10 Å². The minimum atomic E-state index is -0.0425. The summed E-state index contributed by atoms with van der Waals surface area (Å²) in [6.45, 7) is 9.96. The van der Waals surface area contributed by atoms with E-state index in [2.05, 4.69) is 33.8 Å². The summed E-state index contributed by atoms with van der Waals surface area (Å²) in [6.07, 6.45) is 15.1. The third kappa shape index (κ3) is 2.59. The van der Waals surface area contributed by atoms with Crippen molar-refractivity contribution >= 4 is 0 Å². The molecule has 4 aliphatic rings. The van der Waals surface area contributed by atoms with Gasteiger partial charge in [-0.25, -0.2) is 0 Å². The first-order valence-corrected chi connectivity index (χ1v) is 11.0. The molecule has 0 aromatic carbocycles. The Kier molecular flexibility index (Phi) is 4.46. The first-order chi connectivity index (χ1) is 11.9. The Morgan fingerprint density at radius 3 is 2.72 bits per heavy atom. The molecule has 1 fully saturated rings.